The maximum absolute atomic E-state index is 12.5. The van der Waals surface area contributed by atoms with Crippen LogP contribution in [0.4, 0.5) is 0 Å². The standard InChI is InChI=1S/C15H26N4O2S/c1-3-19(13-7-5-4-6-8-13)14(20)11-22-15-17-16-12-18(15)9-10-21-2/h12-13H,3-11H2,1-2H3. The lowest BCUT2D eigenvalue weighted by Gasteiger charge is -2.33. The SMILES string of the molecule is CCN(C(=O)CSc1nncn1CCOC)C1CCCCC1. The van der Waals surface area contributed by atoms with Crippen LogP contribution in [0.25, 0.3) is 0 Å². The van der Waals surface area contributed by atoms with Gasteiger partial charge in [-0.2, -0.15) is 0 Å². The lowest BCUT2D eigenvalue weighted by atomic mass is 9.94. The summed E-state index contributed by atoms with van der Waals surface area (Å²) < 4.78 is 7.00. The summed E-state index contributed by atoms with van der Waals surface area (Å²) >= 11 is 1.46. The number of hydrogen-bond acceptors (Lipinski definition) is 5. The molecule has 0 atom stereocenters. The predicted octanol–water partition coefficient (Wildman–Crippen LogP) is 2.20. The van der Waals surface area contributed by atoms with E-state index in [1.54, 1.807) is 13.4 Å². The van der Waals surface area contributed by atoms with Crippen LogP contribution in [0.2, 0.25) is 0 Å². The minimum atomic E-state index is 0.209. The van der Waals surface area contributed by atoms with E-state index in [2.05, 4.69) is 17.1 Å². The number of carbonyl (C=O) groups excluding carboxylic acids is 1. The Morgan fingerprint density at radius 1 is 1.45 bits per heavy atom. The Kier molecular flexibility index (Phi) is 7.18. The summed E-state index contributed by atoms with van der Waals surface area (Å²) in [6.45, 7) is 4.18. The van der Waals surface area contributed by atoms with Crippen molar-refractivity contribution in [3.05, 3.63) is 6.33 Å². The van der Waals surface area contributed by atoms with Gasteiger partial charge in [0.15, 0.2) is 5.16 Å². The lowest BCUT2D eigenvalue weighted by molar-refractivity contribution is -0.131. The Morgan fingerprint density at radius 3 is 2.91 bits per heavy atom. The first-order chi connectivity index (χ1) is 10.8. The van der Waals surface area contributed by atoms with Crippen molar-refractivity contribution in [2.45, 2.75) is 56.8 Å². The van der Waals surface area contributed by atoms with Gasteiger partial charge >= 0.3 is 0 Å². The zero-order chi connectivity index (χ0) is 15.8. The molecule has 0 spiro atoms. The molecule has 6 nitrogen and oxygen atoms in total. The van der Waals surface area contributed by atoms with Gasteiger partial charge < -0.3 is 14.2 Å². The molecule has 1 aromatic heterocycles. The first-order valence-electron chi connectivity index (χ1n) is 8.05. The Morgan fingerprint density at radius 2 is 2.23 bits per heavy atom. The smallest absolute Gasteiger partial charge is 0.233 e. The van der Waals surface area contributed by atoms with Crippen molar-refractivity contribution in [2.24, 2.45) is 0 Å². The molecule has 1 amide bonds. The van der Waals surface area contributed by atoms with E-state index < -0.39 is 0 Å². The maximum Gasteiger partial charge on any atom is 0.233 e. The van der Waals surface area contributed by atoms with Crippen molar-refractivity contribution in [3.63, 3.8) is 0 Å². The van der Waals surface area contributed by atoms with E-state index in [0.29, 0.717) is 24.9 Å². The van der Waals surface area contributed by atoms with Crippen molar-refractivity contribution in [2.75, 3.05) is 26.0 Å². The first-order valence-corrected chi connectivity index (χ1v) is 9.03. The number of hydrogen-bond donors (Lipinski definition) is 0. The lowest BCUT2D eigenvalue weighted by Crippen LogP contribution is -2.42. The molecule has 1 aliphatic carbocycles. The van der Waals surface area contributed by atoms with Crippen LogP contribution in [-0.2, 0) is 16.1 Å². The van der Waals surface area contributed by atoms with Gasteiger partial charge in [-0.1, -0.05) is 31.0 Å². The van der Waals surface area contributed by atoms with Gasteiger partial charge in [-0.05, 0) is 19.8 Å². The second kappa shape index (κ2) is 9.15. The number of carbonyl (C=O) groups is 1. The van der Waals surface area contributed by atoms with E-state index in [1.165, 1.54) is 31.0 Å². The van der Waals surface area contributed by atoms with Gasteiger partial charge in [0.05, 0.1) is 12.4 Å². The molecular formula is C15H26N4O2S. The highest BCUT2D eigenvalue weighted by Crippen LogP contribution is 2.24. The third-order valence-corrected chi connectivity index (χ3v) is 5.08. The molecule has 0 aromatic carbocycles. The van der Waals surface area contributed by atoms with Crippen LogP contribution in [0, 0.1) is 0 Å². The minimum Gasteiger partial charge on any atom is -0.383 e. The van der Waals surface area contributed by atoms with Gasteiger partial charge in [0.25, 0.3) is 0 Å². The summed E-state index contributed by atoms with van der Waals surface area (Å²) in [6, 6.07) is 0.429. The molecule has 2 rings (SSSR count). The zero-order valence-electron chi connectivity index (χ0n) is 13.5. The monoisotopic (exact) mass is 326 g/mol. The zero-order valence-corrected chi connectivity index (χ0v) is 14.3. The van der Waals surface area contributed by atoms with Crippen LogP contribution in [0.3, 0.4) is 0 Å². The maximum atomic E-state index is 12.5. The van der Waals surface area contributed by atoms with E-state index in [4.69, 9.17) is 4.74 Å². The summed E-state index contributed by atoms with van der Waals surface area (Å²) in [7, 11) is 1.67. The molecule has 0 aliphatic heterocycles. The molecule has 1 saturated carbocycles. The van der Waals surface area contributed by atoms with Gasteiger partial charge in [0, 0.05) is 26.2 Å². The molecule has 7 heteroatoms. The number of nitrogens with zero attached hydrogens (tertiary/aromatic N) is 4. The molecule has 1 aromatic rings. The van der Waals surface area contributed by atoms with Gasteiger partial charge in [0.1, 0.15) is 6.33 Å². The van der Waals surface area contributed by atoms with E-state index >= 15 is 0 Å². The van der Waals surface area contributed by atoms with Crippen molar-refractivity contribution in [1.82, 2.24) is 19.7 Å². The van der Waals surface area contributed by atoms with Gasteiger partial charge in [-0.15, -0.1) is 10.2 Å². The number of rotatable bonds is 8. The molecule has 1 heterocycles. The highest BCUT2D eigenvalue weighted by molar-refractivity contribution is 7.99. The Balaban J connectivity index is 1.86. The third-order valence-electron chi connectivity index (χ3n) is 4.12. The summed E-state index contributed by atoms with van der Waals surface area (Å²) in [4.78, 5) is 14.6. The molecule has 124 valence electrons. The summed E-state index contributed by atoms with van der Waals surface area (Å²) in [6.07, 6.45) is 7.77. The molecule has 22 heavy (non-hydrogen) atoms. The average molecular weight is 326 g/mol. The topological polar surface area (TPSA) is 60.2 Å². The van der Waals surface area contributed by atoms with Gasteiger partial charge in [-0.25, -0.2) is 0 Å². The van der Waals surface area contributed by atoms with Crippen molar-refractivity contribution < 1.29 is 9.53 Å². The van der Waals surface area contributed by atoms with Crippen molar-refractivity contribution in [3.8, 4) is 0 Å². The number of methoxy groups -OCH3 is 1. The second-order valence-electron chi connectivity index (χ2n) is 5.56. The van der Waals surface area contributed by atoms with Crippen LogP contribution >= 0.6 is 11.8 Å². The molecule has 0 N–H and O–H groups in total. The fourth-order valence-corrected chi connectivity index (χ4v) is 3.77. The Hall–Kier alpha value is -1.08. The highest BCUT2D eigenvalue weighted by atomic mass is 32.2. The largest absolute Gasteiger partial charge is 0.383 e. The quantitative estimate of drug-likeness (QED) is 0.685. The van der Waals surface area contributed by atoms with Crippen LogP contribution < -0.4 is 0 Å². The first kappa shape index (κ1) is 17.3. The van der Waals surface area contributed by atoms with E-state index in [1.807, 2.05) is 9.47 Å². The third kappa shape index (κ3) is 4.71. The fraction of sp³-hybridized carbons (Fsp3) is 0.800. The molecule has 0 bridgehead atoms. The number of thioether (sulfide) groups is 1. The second-order valence-corrected chi connectivity index (χ2v) is 6.50. The van der Waals surface area contributed by atoms with Crippen molar-refractivity contribution >= 4 is 17.7 Å². The number of ether oxygens (including phenoxy) is 1. The van der Waals surface area contributed by atoms with E-state index in [-0.39, 0.29) is 5.91 Å². The van der Waals surface area contributed by atoms with Crippen molar-refractivity contribution in [1.29, 1.82) is 0 Å². The van der Waals surface area contributed by atoms with Crippen LogP contribution in [0.15, 0.2) is 11.5 Å². The molecule has 0 unspecified atom stereocenters. The molecular weight excluding hydrogens is 300 g/mol. The Labute approximate surface area is 136 Å². The van der Waals surface area contributed by atoms with E-state index in [9.17, 15) is 4.79 Å². The van der Waals surface area contributed by atoms with Gasteiger partial charge in [0.2, 0.25) is 5.91 Å². The molecule has 1 aliphatic rings. The van der Waals surface area contributed by atoms with Gasteiger partial charge in [-0.3, -0.25) is 4.79 Å². The van der Waals surface area contributed by atoms with Crippen LogP contribution in [0.5, 0.6) is 0 Å². The molecule has 0 radical (unpaired) electrons. The average Bonchev–Trinajstić information content (AvgIpc) is 3.00. The summed E-state index contributed by atoms with van der Waals surface area (Å²) in [5.74, 6) is 0.636. The summed E-state index contributed by atoms with van der Waals surface area (Å²) in [5.41, 5.74) is 0. The Bertz CT molecular complexity index is 460. The fourth-order valence-electron chi connectivity index (χ4n) is 2.94. The van der Waals surface area contributed by atoms with E-state index in [0.717, 1.165) is 24.5 Å². The van der Waals surface area contributed by atoms with Crippen LogP contribution in [-0.4, -0.2) is 57.6 Å². The number of amides is 1. The number of aromatic nitrogens is 3. The normalized spacial score (nSPS) is 15.9. The molecule has 1 fully saturated rings. The van der Waals surface area contributed by atoms with Crippen LogP contribution in [0.1, 0.15) is 39.0 Å². The molecule has 0 saturated heterocycles. The summed E-state index contributed by atoms with van der Waals surface area (Å²) in [5, 5.41) is 8.79. The minimum absolute atomic E-state index is 0.209. The predicted molar refractivity (Wildman–Crippen MR) is 86.9 cm³/mol. The highest BCUT2D eigenvalue weighted by Gasteiger charge is 2.24.